The summed E-state index contributed by atoms with van der Waals surface area (Å²) in [6.45, 7) is 2.57. The molecule has 6 heteroatoms. The first-order valence-electron chi connectivity index (χ1n) is 9.05. The smallest absolute Gasteiger partial charge is 0.228 e. The zero-order valence-corrected chi connectivity index (χ0v) is 16.2. The van der Waals surface area contributed by atoms with Gasteiger partial charge in [-0.1, -0.05) is 23.5 Å². The monoisotopic (exact) mass is 389 g/mol. The second-order valence-corrected chi connectivity index (χ2v) is 7.20. The second-order valence-electron chi connectivity index (χ2n) is 6.23. The Morgan fingerprint density at radius 3 is 2.57 bits per heavy atom. The van der Waals surface area contributed by atoms with Crippen LogP contribution < -0.4 is 10.1 Å². The fraction of sp³-hybridized carbons (Fsp3) is 0.136. The molecular formula is C22H19N3O2S. The molecule has 0 saturated carbocycles. The molecule has 140 valence electrons. The number of carbonyl (C=O) groups excluding carboxylic acids is 1. The summed E-state index contributed by atoms with van der Waals surface area (Å²) in [6, 6.07) is 19.1. The molecule has 1 amide bonds. The van der Waals surface area contributed by atoms with E-state index in [0.29, 0.717) is 13.0 Å². The highest BCUT2D eigenvalue weighted by molar-refractivity contribution is 7.21. The number of hydrogen-bond acceptors (Lipinski definition) is 5. The number of nitrogens with zero attached hydrogens (tertiary/aromatic N) is 2. The lowest BCUT2D eigenvalue weighted by Gasteiger charge is -2.07. The molecule has 2 aromatic heterocycles. The van der Waals surface area contributed by atoms with Crippen LogP contribution in [0.25, 0.3) is 20.9 Å². The van der Waals surface area contributed by atoms with Gasteiger partial charge in [-0.25, -0.2) is 9.97 Å². The number of aromatic nitrogens is 2. The Labute approximate surface area is 167 Å². The van der Waals surface area contributed by atoms with E-state index in [9.17, 15) is 4.79 Å². The normalized spacial score (nSPS) is 10.8. The van der Waals surface area contributed by atoms with Gasteiger partial charge in [0.15, 0.2) is 0 Å². The van der Waals surface area contributed by atoms with Crippen molar-refractivity contribution in [1.82, 2.24) is 9.97 Å². The highest BCUT2D eigenvalue weighted by Gasteiger charge is 2.08. The van der Waals surface area contributed by atoms with Gasteiger partial charge in [-0.15, -0.1) is 0 Å². The third-order valence-corrected chi connectivity index (χ3v) is 5.21. The van der Waals surface area contributed by atoms with Gasteiger partial charge in [0.1, 0.15) is 21.1 Å². The van der Waals surface area contributed by atoms with Crippen LogP contribution in [0.5, 0.6) is 5.75 Å². The molecule has 0 spiro atoms. The van der Waals surface area contributed by atoms with E-state index in [0.717, 1.165) is 37.9 Å². The predicted octanol–water partition coefficient (Wildman–Crippen LogP) is 4.94. The van der Waals surface area contributed by atoms with Gasteiger partial charge in [-0.05, 0) is 61.0 Å². The molecule has 4 rings (SSSR count). The Hall–Kier alpha value is -3.25. The van der Waals surface area contributed by atoms with Gasteiger partial charge >= 0.3 is 0 Å². The fourth-order valence-electron chi connectivity index (χ4n) is 2.85. The highest BCUT2D eigenvalue weighted by atomic mass is 32.1. The quantitative estimate of drug-likeness (QED) is 0.507. The van der Waals surface area contributed by atoms with E-state index in [2.05, 4.69) is 15.3 Å². The van der Waals surface area contributed by atoms with Crippen molar-refractivity contribution in [2.45, 2.75) is 13.3 Å². The average Bonchev–Trinajstić information content (AvgIpc) is 3.14. The second kappa shape index (κ2) is 8.19. The lowest BCUT2D eigenvalue weighted by Crippen LogP contribution is -2.14. The molecule has 0 aliphatic heterocycles. The minimum absolute atomic E-state index is 0.0545. The van der Waals surface area contributed by atoms with E-state index < -0.39 is 0 Å². The van der Waals surface area contributed by atoms with Crippen molar-refractivity contribution < 1.29 is 9.53 Å². The maximum atomic E-state index is 12.3. The summed E-state index contributed by atoms with van der Waals surface area (Å²) >= 11 is 1.56. The minimum atomic E-state index is -0.0545. The minimum Gasteiger partial charge on any atom is -0.494 e. The fourth-order valence-corrected chi connectivity index (χ4v) is 3.76. The van der Waals surface area contributed by atoms with Crippen LogP contribution in [0.4, 0.5) is 5.69 Å². The van der Waals surface area contributed by atoms with E-state index in [1.807, 2.05) is 67.6 Å². The van der Waals surface area contributed by atoms with Gasteiger partial charge in [-0.3, -0.25) is 4.79 Å². The van der Waals surface area contributed by atoms with Crippen LogP contribution in [0.15, 0.2) is 66.9 Å². The molecule has 0 aliphatic rings. The van der Waals surface area contributed by atoms with Crippen molar-refractivity contribution in [2.75, 3.05) is 11.9 Å². The number of carbonyl (C=O) groups is 1. The zero-order chi connectivity index (χ0) is 19.3. The lowest BCUT2D eigenvalue weighted by atomic mass is 10.1. The number of benzene rings is 2. The summed E-state index contributed by atoms with van der Waals surface area (Å²) in [5.74, 6) is 0.758. The summed E-state index contributed by atoms with van der Waals surface area (Å²) < 4.78 is 5.42. The SMILES string of the molecule is CCOc1ccc(CC(=O)Nc2ccc(-c3nc4cccnc4s3)cc2)cc1. The molecule has 28 heavy (non-hydrogen) atoms. The van der Waals surface area contributed by atoms with Crippen molar-refractivity contribution in [3.8, 4) is 16.3 Å². The number of anilines is 1. The number of amides is 1. The van der Waals surface area contributed by atoms with Gasteiger partial charge < -0.3 is 10.1 Å². The predicted molar refractivity (Wildman–Crippen MR) is 113 cm³/mol. The molecule has 0 bridgehead atoms. The third-order valence-electron chi connectivity index (χ3n) is 4.18. The maximum absolute atomic E-state index is 12.3. The Morgan fingerprint density at radius 1 is 1.07 bits per heavy atom. The van der Waals surface area contributed by atoms with E-state index in [1.165, 1.54) is 0 Å². The van der Waals surface area contributed by atoms with Gasteiger partial charge in [0.25, 0.3) is 0 Å². The van der Waals surface area contributed by atoms with Crippen molar-refractivity contribution >= 4 is 33.3 Å². The van der Waals surface area contributed by atoms with Crippen LogP contribution in [0.3, 0.4) is 0 Å². The van der Waals surface area contributed by atoms with E-state index in [1.54, 1.807) is 17.5 Å². The molecule has 0 saturated heterocycles. The first kappa shape index (κ1) is 18.1. The molecule has 0 radical (unpaired) electrons. The first-order chi connectivity index (χ1) is 13.7. The molecule has 5 nitrogen and oxygen atoms in total. The van der Waals surface area contributed by atoms with Gasteiger partial charge in [0.05, 0.1) is 13.0 Å². The molecule has 1 N–H and O–H groups in total. The molecule has 0 fully saturated rings. The lowest BCUT2D eigenvalue weighted by molar-refractivity contribution is -0.115. The van der Waals surface area contributed by atoms with Crippen LogP contribution in [0, 0.1) is 0 Å². The van der Waals surface area contributed by atoms with Crippen molar-refractivity contribution in [3.05, 3.63) is 72.4 Å². The van der Waals surface area contributed by atoms with Gasteiger partial charge in [-0.2, -0.15) is 0 Å². The summed E-state index contributed by atoms with van der Waals surface area (Å²) in [6.07, 6.45) is 2.09. The molecule has 0 atom stereocenters. The summed E-state index contributed by atoms with van der Waals surface area (Å²) in [7, 11) is 0. The molecule has 0 aliphatic carbocycles. The van der Waals surface area contributed by atoms with Crippen molar-refractivity contribution in [3.63, 3.8) is 0 Å². The number of thiazole rings is 1. The first-order valence-corrected chi connectivity index (χ1v) is 9.86. The number of ether oxygens (including phenoxy) is 1. The number of nitrogens with one attached hydrogen (secondary N) is 1. The summed E-state index contributed by atoms with van der Waals surface area (Å²) in [4.78, 5) is 22.2. The average molecular weight is 389 g/mol. The Kier molecular flexibility index (Phi) is 5.30. The summed E-state index contributed by atoms with van der Waals surface area (Å²) in [5.41, 5.74) is 3.61. The number of rotatable bonds is 6. The molecule has 0 unspecified atom stereocenters. The largest absolute Gasteiger partial charge is 0.494 e. The van der Waals surface area contributed by atoms with Crippen LogP contribution in [-0.2, 0) is 11.2 Å². The molecule has 2 aromatic carbocycles. The van der Waals surface area contributed by atoms with Gasteiger partial charge in [0.2, 0.25) is 5.91 Å². The zero-order valence-electron chi connectivity index (χ0n) is 15.4. The highest BCUT2D eigenvalue weighted by Crippen LogP contribution is 2.29. The van der Waals surface area contributed by atoms with Crippen molar-refractivity contribution in [2.24, 2.45) is 0 Å². The molecular weight excluding hydrogens is 370 g/mol. The number of hydrogen-bond donors (Lipinski definition) is 1. The Balaban J connectivity index is 1.40. The molecule has 4 aromatic rings. The van der Waals surface area contributed by atoms with E-state index in [4.69, 9.17) is 4.74 Å². The maximum Gasteiger partial charge on any atom is 0.228 e. The van der Waals surface area contributed by atoms with Gasteiger partial charge in [0, 0.05) is 17.4 Å². The Morgan fingerprint density at radius 2 is 1.86 bits per heavy atom. The Bertz CT molecular complexity index is 1060. The van der Waals surface area contributed by atoms with Crippen LogP contribution in [0.2, 0.25) is 0 Å². The van der Waals surface area contributed by atoms with Crippen LogP contribution in [0.1, 0.15) is 12.5 Å². The standard InChI is InChI=1S/C22H19N3O2S/c1-2-27-18-11-5-15(6-12-18)14-20(26)24-17-9-7-16(8-10-17)21-25-19-4-3-13-23-22(19)28-21/h3-13H,2,14H2,1H3,(H,24,26). The molecule has 2 heterocycles. The topological polar surface area (TPSA) is 64.1 Å². The third kappa shape index (κ3) is 4.18. The van der Waals surface area contributed by atoms with E-state index >= 15 is 0 Å². The van der Waals surface area contributed by atoms with Crippen molar-refractivity contribution in [1.29, 1.82) is 0 Å². The summed E-state index contributed by atoms with van der Waals surface area (Å²) in [5, 5.41) is 3.85. The van der Waals surface area contributed by atoms with Crippen LogP contribution in [-0.4, -0.2) is 22.5 Å². The number of fused-ring (bicyclic) bond motifs is 1. The number of pyridine rings is 1. The van der Waals surface area contributed by atoms with E-state index in [-0.39, 0.29) is 5.91 Å². The van der Waals surface area contributed by atoms with Crippen LogP contribution >= 0.6 is 11.3 Å².